The molecule has 1 N–H and O–H groups in total. The molecule has 0 saturated carbocycles. The minimum Gasteiger partial charge on any atom is -0.490 e. The van der Waals surface area contributed by atoms with Crippen molar-refractivity contribution >= 4 is 29.6 Å². The fourth-order valence-electron chi connectivity index (χ4n) is 2.34. The Balaban J connectivity index is 2.14. The van der Waals surface area contributed by atoms with Gasteiger partial charge in [-0.05, 0) is 49.2 Å². The van der Waals surface area contributed by atoms with Gasteiger partial charge in [-0.1, -0.05) is 6.07 Å². The van der Waals surface area contributed by atoms with Gasteiger partial charge in [-0.3, -0.25) is 9.59 Å². The third kappa shape index (κ3) is 7.01. The van der Waals surface area contributed by atoms with E-state index in [2.05, 4.69) is 5.32 Å². The van der Waals surface area contributed by atoms with E-state index in [1.54, 1.807) is 37.3 Å². The number of hydrogen-bond acceptors (Lipinski definition) is 6. The number of alkyl halides is 1. The van der Waals surface area contributed by atoms with Gasteiger partial charge in [0.2, 0.25) is 0 Å². The monoisotopic (exact) mass is 416 g/mol. The number of hydrogen-bond donors (Lipinski definition) is 1. The molecule has 0 aliphatic heterocycles. The zero-order valence-electron chi connectivity index (χ0n) is 15.9. The predicted octanol–water partition coefficient (Wildman–Crippen LogP) is 3.83. The standard InChI is InChI=1S/C21H21ClN2O5/c1-2-27-19-12-15(7-8-18(19)29-20(25)6-3-9-22)11-16(13-23)21(26)24-14-17-5-4-10-28-17/h4-5,7-8,10-12H,2-3,6,9,14H2,1H3,(H,24,26)/b16-11+. The quantitative estimate of drug-likeness (QED) is 0.208. The van der Waals surface area contributed by atoms with Crippen molar-refractivity contribution in [1.29, 1.82) is 5.26 Å². The van der Waals surface area contributed by atoms with Crippen LogP contribution in [-0.4, -0.2) is 24.4 Å². The molecule has 1 heterocycles. The molecule has 2 aromatic rings. The zero-order valence-corrected chi connectivity index (χ0v) is 16.7. The summed E-state index contributed by atoms with van der Waals surface area (Å²) >= 11 is 5.59. The lowest BCUT2D eigenvalue weighted by Crippen LogP contribution is -2.23. The Bertz CT molecular complexity index is 900. The second-order valence-electron chi connectivity index (χ2n) is 5.84. The molecule has 0 unspecified atom stereocenters. The summed E-state index contributed by atoms with van der Waals surface area (Å²) in [4.78, 5) is 24.1. The van der Waals surface area contributed by atoms with Gasteiger partial charge in [0, 0.05) is 12.3 Å². The van der Waals surface area contributed by atoms with Crippen LogP contribution in [0, 0.1) is 11.3 Å². The van der Waals surface area contributed by atoms with Crippen molar-refractivity contribution in [2.45, 2.75) is 26.3 Å². The predicted molar refractivity (Wildman–Crippen MR) is 107 cm³/mol. The fraction of sp³-hybridized carbons (Fsp3) is 0.286. The van der Waals surface area contributed by atoms with Gasteiger partial charge in [-0.25, -0.2) is 0 Å². The first-order chi connectivity index (χ1) is 14.1. The number of halogens is 1. The number of benzene rings is 1. The molecular formula is C21H21ClN2O5. The molecule has 0 aliphatic carbocycles. The summed E-state index contributed by atoms with van der Waals surface area (Å²) in [6.45, 7) is 2.32. The van der Waals surface area contributed by atoms with Crippen LogP contribution in [0.4, 0.5) is 0 Å². The summed E-state index contributed by atoms with van der Waals surface area (Å²) in [5.41, 5.74) is 0.476. The summed E-state index contributed by atoms with van der Waals surface area (Å²) < 4.78 is 16.0. The smallest absolute Gasteiger partial charge is 0.311 e. The number of ether oxygens (including phenoxy) is 2. The van der Waals surface area contributed by atoms with Gasteiger partial charge in [-0.15, -0.1) is 11.6 Å². The molecule has 1 aromatic carbocycles. The Morgan fingerprint density at radius 2 is 2.14 bits per heavy atom. The van der Waals surface area contributed by atoms with Crippen molar-refractivity contribution in [1.82, 2.24) is 5.32 Å². The molecule has 0 fully saturated rings. The number of rotatable bonds is 10. The van der Waals surface area contributed by atoms with Crippen molar-refractivity contribution in [2.75, 3.05) is 12.5 Å². The molecule has 0 aliphatic rings. The molecule has 0 radical (unpaired) electrons. The molecule has 8 heteroatoms. The van der Waals surface area contributed by atoms with Gasteiger partial charge in [0.25, 0.3) is 5.91 Å². The van der Waals surface area contributed by atoms with Gasteiger partial charge in [0.1, 0.15) is 17.4 Å². The van der Waals surface area contributed by atoms with E-state index in [4.69, 9.17) is 25.5 Å². The van der Waals surface area contributed by atoms with E-state index in [1.165, 1.54) is 12.3 Å². The molecular weight excluding hydrogens is 396 g/mol. The van der Waals surface area contributed by atoms with Crippen molar-refractivity contribution in [2.24, 2.45) is 0 Å². The highest BCUT2D eigenvalue weighted by atomic mass is 35.5. The van der Waals surface area contributed by atoms with Crippen molar-refractivity contribution in [3.63, 3.8) is 0 Å². The van der Waals surface area contributed by atoms with Crippen molar-refractivity contribution in [3.05, 3.63) is 53.5 Å². The minimum atomic E-state index is -0.529. The maximum atomic E-state index is 12.2. The molecule has 7 nitrogen and oxygen atoms in total. The SMILES string of the molecule is CCOc1cc(/C=C(\C#N)C(=O)NCc2ccco2)ccc1OC(=O)CCCCl. The summed E-state index contributed by atoms with van der Waals surface area (Å²) in [5, 5.41) is 11.9. The topological polar surface area (TPSA) is 102 Å². The Labute approximate surface area is 173 Å². The van der Waals surface area contributed by atoms with E-state index in [-0.39, 0.29) is 24.3 Å². The lowest BCUT2D eigenvalue weighted by Gasteiger charge is -2.11. The average molecular weight is 417 g/mol. The third-order valence-electron chi connectivity index (χ3n) is 3.69. The molecule has 0 bridgehead atoms. The number of nitrogens with one attached hydrogen (secondary N) is 1. The summed E-state index contributed by atoms with van der Waals surface area (Å²) in [7, 11) is 0. The van der Waals surface area contributed by atoms with Crippen LogP contribution in [0.1, 0.15) is 31.1 Å². The number of carbonyl (C=O) groups excluding carboxylic acids is 2. The Kier molecular flexibility index (Phi) is 8.80. The Morgan fingerprint density at radius 3 is 2.79 bits per heavy atom. The first-order valence-corrected chi connectivity index (χ1v) is 9.56. The molecule has 0 spiro atoms. The number of carbonyl (C=O) groups is 2. The van der Waals surface area contributed by atoms with E-state index < -0.39 is 11.9 Å². The zero-order chi connectivity index (χ0) is 21.1. The van der Waals surface area contributed by atoms with Gasteiger partial charge in [-0.2, -0.15) is 5.26 Å². The normalized spacial score (nSPS) is 10.9. The van der Waals surface area contributed by atoms with Crippen LogP contribution < -0.4 is 14.8 Å². The highest BCUT2D eigenvalue weighted by molar-refractivity contribution is 6.17. The Hall–Kier alpha value is -3.24. The first kappa shape index (κ1) is 22.1. The number of nitrogens with zero attached hydrogens (tertiary/aromatic N) is 1. The molecule has 1 aromatic heterocycles. The lowest BCUT2D eigenvalue weighted by molar-refractivity contribution is -0.134. The van der Waals surface area contributed by atoms with Crippen molar-refractivity contribution in [3.8, 4) is 17.6 Å². The van der Waals surface area contributed by atoms with Crippen LogP contribution in [0.15, 0.2) is 46.6 Å². The minimum absolute atomic E-state index is 0.0779. The number of amides is 1. The third-order valence-corrected chi connectivity index (χ3v) is 3.95. The van der Waals surface area contributed by atoms with E-state index in [0.29, 0.717) is 36.0 Å². The van der Waals surface area contributed by atoms with Crippen LogP contribution in [0.3, 0.4) is 0 Å². The summed E-state index contributed by atoms with van der Waals surface area (Å²) in [6, 6.07) is 10.1. The maximum absolute atomic E-state index is 12.2. The second kappa shape index (κ2) is 11.6. The molecule has 29 heavy (non-hydrogen) atoms. The van der Waals surface area contributed by atoms with Gasteiger partial charge < -0.3 is 19.2 Å². The second-order valence-corrected chi connectivity index (χ2v) is 6.22. The lowest BCUT2D eigenvalue weighted by atomic mass is 10.1. The van der Waals surface area contributed by atoms with Crippen LogP contribution in [0.5, 0.6) is 11.5 Å². The van der Waals surface area contributed by atoms with Crippen LogP contribution >= 0.6 is 11.6 Å². The molecule has 2 rings (SSSR count). The molecule has 0 saturated heterocycles. The largest absolute Gasteiger partial charge is 0.490 e. The molecule has 0 atom stereocenters. The van der Waals surface area contributed by atoms with Gasteiger partial charge in [0.05, 0.1) is 19.4 Å². The van der Waals surface area contributed by atoms with Gasteiger partial charge in [0.15, 0.2) is 11.5 Å². The fourth-order valence-corrected chi connectivity index (χ4v) is 2.48. The molecule has 152 valence electrons. The van der Waals surface area contributed by atoms with E-state index in [1.807, 2.05) is 6.07 Å². The maximum Gasteiger partial charge on any atom is 0.311 e. The number of furan rings is 1. The average Bonchev–Trinajstić information content (AvgIpc) is 3.24. The van der Waals surface area contributed by atoms with E-state index in [0.717, 1.165) is 0 Å². The van der Waals surface area contributed by atoms with E-state index >= 15 is 0 Å². The number of esters is 1. The summed E-state index contributed by atoms with van der Waals surface area (Å²) in [6.07, 6.45) is 3.65. The van der Waals surface area contributed by atoms with Crippen LogP contribution in [0.2, 0.25) is 0 Å². The van der Waals surface area contributed by atoms with Crippen LogP contribution in [0.25, 0.3) is 6.08 Å². The van der Waals surface area contributed by atoms with Crippen LogP contribution in [-0.2, 0) is 16.1 Å². The Morgan fingerprint density at radius 1 is 1.31 bits per heavy atom. The first-order valence-electron chi connectivity index (χ1n) is 9.03. The summed E-state index contributed by atoms with van der Waals surface area (Å²) in [5.74, 6) is 0.617. The molecule has 1 amide bonds. The highest BCUT2D eigenvalue weighted by Gasteiger charge is 2.13. The van der Waals surface area contributed by atoms with Crippen molar-refractivity contribution < 1.29 is 23.5 Å². The van der Waals surface area contributed by atoms with E-state index in [9.17, 15) is 14.9 Å². The highest BCUT2D eigenvalue weighted by Crippen LogP contribution is 2.30. The van der Waals surface area contributed by atoms with Gasteiger partial charge >= 0.3 is 5.97 Å². The number of nitriles is 1.